The molecular weight excluding hydrogens is 388 g/mol. The van der Waals surface area contributed by atoms with Gasteiger partial charge in [0.1, 0.15) is 11.6 Å². The Hall–Kier alpha value is -3.26. The van der Waals surface area contributed by atoms with Gasteiger partial charge in [-0.25, -0.2) is 10.4 Å². The maximum absolute atomic E-state index is 12.7. The van der Waals surface area contributed by atoms with Gasteiger partial charge in [0.25, 0.3) is 11.8 Å². The maximum Gasteiger partial charge on any atom is 0.292 e. The molecule has 2 amide bonds. The Morgan fingerprint density at radius 2 is 2.03 bits per heavy atom. The molecule has 3 aromatic heterocycles. The number of fused-ring (bicyclic) bond motifs is 1. The smallest absolute Gasteiger partial charge is 0.292 e. The van der Waals surface area contributed by atoms with Crippen LogP contribution in [0.5, 0.6) is 0 Å². The van der Waals surface area contributed by atoms with Crippen molar-refractivity contribution in [2.24, 2.45) is 5.10 Å². The van der Waals surface area contributed by atoms with Crippen molar-refractivity contribution in [2.75, 3.05) is 5.32 Å². The van der Waals surface area contributed by atoms with E-state index in [2.05, 4.69) is 20.8 Å². The quantitative estimate of drug-likeness (QED) is 0.636. The van der Waals surface area contributed by atoms with Crippen LogP contribution in [0, 0.1) is 13.8 Å². The van der Waals surface area contributed by atoms with Crippen LogP contribution in [0.15, 0.2) is 45.4 Å². The highest BCUT2D eigenvalue weighted by molar-refractivity contribution is 7.12. The van der Waals surface area contributed by atoms with Gasteiger partial charge in [0.2, 0.25) is 0 Å². The molecule has 1 aliphatic carbocycles. The second-order valence-corrected chi connectivity index (χ2v) is 7.81. The number of hydrogen-bond acceptors (Lipinski definition) is 6. The number of aromatic nitrogens is 1. The maximum atomic E-state index is 12.7. The van der Waals surface area contributed by atoms with Crippen LogP contribution in [0.2, 0.25) is 0 Å². The van der Waals surface area contributed by atoms with Gasteiger partial charge >= 0.3 is 0 Å². The van der Waals surface area contributed by atoms with E-state index in [1.54, 1.807) is 18.3 Å². The molecule has 1 aliphatic rings. The van der Waals surface area contributed by atoms with Crippen molar-refractivity contribution in [1.29, 1.82) is 0 Å². The van der Waals surface area contributed by atoms with Gasteiger partial charge in [-0.1, -0.05) is 12.1 Å². The van der Waals surface area contributed by atoms with E-state index in [1.807, 2.05) is 31.4 Å². The Kier molecular flexibility index (Phi) is 5.26. The molecule has 3 heterocycles. The number of hydrazone groups is 1. The number of carbonyl (C=O) groups excluding carboxylic acids is 2. The SMILES string of the molecule is Cc1ccc(NC(=O)c2oc3c(c2C)/C(=N/NC(=O)c2cccs2)CCC3)nc1. The highest BCUT2D eigenvalue weighted by Crippen LogP contribution is 2.30. The monoisotopic (exact) mass is 408 g/mol. The van der Waals surface area contributed by atoms with Gasteiger partial charge in [0.15, 0.2) is 5.76 Å². The molecule has 4 rings (SSSR count). The second-order valence-electron chi connectivity index (χ2n) is 6.86. The third kappa shape index (κ3) is 3.97. The lowest BCUT2D eigenvalue weighted by molar-refractivity contribution is 0.0957. The molecule has 0 aliphatic heterocycles. The molecule has 0 unspecified atom stereocenters. The summed E-state index contributed by atoms with van der Waals surface area (Å²) in [5, 5.41) is 8.94. The third-order valence-corrected chi connectivity index (χ3v) is 5.59. The Labute approximate surface area is 171 Å². The first-order valence-electron chi connectivity index (χ1n) is 9.30. The molecule has 0 radical (unpaired) electrons. The highest BCUT2D eigenvalue weighted by atomic mass is 32.1. The zero-order valence-electron chi connectivity index (χ0n) is 16.1. The molecule has 0 fully saturated rings. The molecule has 148 valence electrons. The van der Waals surface area contributed by atoms with Gasteiger partial charge < -0.3 is 9.73 Å². The molecule has 8 heteroatoms. The third-order valence-electron chi connectivity index (χ3n) is 4.72. The molecular formula is C21H20N4O3S. The van der Waals surface area contributed by atoms with E-state index >= 15 is 0 Å². The molecule has 0 saturated heterocycles. The molecule has 29 heavy (non-hydrogen) atoms. The summed E-state index contributed by atoms with van der Waals surface area (Å²) in [7, 11) is 0. The topological polar surface area (TPSA) is 96.6 Å². The van der Waals surface area contributed by atoms with Crippen molar-refractivity contribution < 1.29 is 14.0 Å². The summed E-state index contributed by atoms with van der Waals surface area (Å²) < 4.78 is 5.87. The van der Waals surface area contributed by atoms with Crippen LogP contribution in [0.4, 0.5) is 5.82 Å². The number of pyridine rings is 1. The standard InChI is InChI=1S/C21H20N4O3S/c1-12-8-9-17(22-11-12)23-21(27)19-13(2)18-14(5-3-6-15(18)28-19)24-25-20(26)16-7-4-10-29-16/h4,7-11H,3,5-6H2,1-2H3,(H,25,26)(H,22,23,27)/b24-14+. The molecule has 0 atom stereocenters. The van der Waals surface area contributed by atoms with Crippen molar-refractivity contribution in [1.82, 2.24) is 10.4 Å². The molecule has 0 bridgehead atoms. The lowest BCUT2D eigenvalue weighted by atomic mass is 9.93. The van der Waals surface area contributed by atoms with Gasteiger partial charge in [0, 0.05) is 23.7 Å². The Bertz CT molecular complexity index is 1080. The minimum atomic E-state index is -0.352. The van der Waals surface area contributed by atoms with Crippen molar-refractivity contribution >= 4 is 34.7 Å². The number of anilines is 1. The summed E-state index contributed by atoms with van der Waals surface area (Å²) in [6.07, 6.45) is 3.97. The Morgan fingerprint density at radius 1 is 1.17 bits per heavy atom. The Morgan fingerprint density at radius 3 is 2.76 bits per heavy atom. The van der Waals surface area contributed by atoms with Crippen molar-refractivity contribution in [3.05, 3.63) is 68.9 Å². The lowest BCUT2D eigenvalue weighted by Crippen LogP contribution is -2.21. The summed E-state index contributed by atoms with van der Waals surface area (Å²) in [5.41, 5.74) is 5.88. The van der Waals surface area contributed by atoms with Crippen LogP contribution in [-0.4, -0.2) is 22.5 Å². The van der Waals surface area contributed by atoms with E-state index in [-0.39, 0.29) is 17.6 Å². The first kappa shape index (κ1) is 19.1. The van der Waals surface area contributed by atoms with Crippen LogP contribution < -0.4 is 10.7 Å². The number of thiophene rings is 1. The molecule has 2 N–H and O–H groups in total. The van der Waals surface area contributed by atoms with Crippen molar-refractivity contribution in [3.8, 4) is 0 Å². The first-order valence-corrected chi connectivity index (χ1v) is 10.2. The normalized spacial score (nSPS) is 14.5. The predicted molar refractivity (Wildman–Crippen MR) is 112 cm³/mol. The number of hydrogen-bond donors (Lipinski definition) is 2. The van der Waals surface area contributed by atoms with E-state index in [4.69, 9.17) is 4.42 Å². The minimum Gasteiger partial charge on any atom is -0.455 e. The van der Waals surface area contributed by atoms with Crippen LogP contribution in [0.25, 0.3) is 0 Å². The van der Waals surface area contributed by atoms with Crippen molar-refractivity contribution in [3.63, 3.8) is 0 Å². The molecule has 0 spiro atoms. The predicted octanol–water partition coefficient (Wildman–Crippen LogP) is 4.08. The number of amides is 2. The first-order chi connectivity index (χ1) is 14.0. The summed E-state index contributed by atoms with van der Waals surface area (Å²) >= 11 is 1.36. The summed E-state index contributed by atoms with van der Waals surface area (Å²) in [5.74, 6) is 0.835. The van der Waals surface area contributed by atoms with E-state index in [0.717, 1.165) is 35.4 Å². The van der Waals surface area contributed by atoms with E-state index in [0.29, 0.717) is 22.7 Å². The van der Waals surface area contributed by atoms with Crippen LogP contribution in [-0.2, 0) is 6.42 Å². The fourth-order valence-electron chi connectivity index (χ4n) is 3.29. The average Bonchev–Trinajstić information content (AvgIpc) is 3.37. The fraction of sp³-hybridized carbons (Fsp3) is 0.238. The van der Waals surface area contributed by atoms with Gasteiger partial charge in [-0.3, -0.25) is 9.59 Å². The Balaban J connectivity index is 1.57. The van der Waals surface area contributed by atoms with Gasteiger partial charge in [-0.05, 0) is 49.8 Å². The van der Waals surface area contributed by atoms with Gasteiger partial charge in [-0.15, -0.1) is 11.3 Å². The second kappa shape index (κ2) is 8.00. The van der Waals surface area contributed by atoms with E-state index in [9.17, 15) is 9.59 Å². The molecule has 7 nitrogen and oxygen atoms in total. The summed E-state index contributed by atoms with van der Waals surface area (Å²) in [6.45, 7) is 3.77. The largest absolute Gasteiger partial charge is 0.455 e. The lowest BCUT2D eigenvalue weighted by Gasteiger charge is -2.13. The zero-order chi connectivity index (χ0) is 20.4. The van der Waals surface area contributed by atoms with E-state index in [1.165, 1.54) is 11.3 Å². The number of rotatable bonds is 4. The van der Waals surface area contributed by atoms with Gasteiger partial charge in [-0.2, -0.15) is 5.10 Å². The van der Waals surface area contributed by atoms with Crippen LogP contribution >= 0.6 is 11.3 Å². The fourth-order valence-corrected chi connectivity index (χ4v) is 3.91. The van der Waals surface area contributed by atoms with Crippen LogP contribution in [0.3, 0.4) is 0 Å². The minimum absolute atomic E-state index is 0.246. The number of nitrogens with zero attached hydrogens (tertiary/aromatic N) is 2. The number of furan rings is 1. The number of nitrogens with one attached hydrogen (secondary N) is 2. The highest BCUT2D eigenvalue weighted by Gasteiger charge is 2.28. The molecule has 0 aromatic carbocycles. The van der Waals surface area contributed by atoms with Gasteiger partial charge in [0.05, 0.1) is 10.6 Å². The number of carbonyl (C=O) groups is 2. The molecule has 0 saturated carbocycles. The van der Waals surface area contributed by atoms with E-state index < -0.39 is 0 Å². The molecule has 3 aromatic rings. The zero-order valence-corrected chi connectivity index (χ0v) is 16.9. The van der Waals surface area contributed by atoms with Crippen LogP contribution in [0.1, 0.15) is 55.5 Å². The summed E-state index contributed by atoms with van der Waals surface area (Å²) in [4.78, 5) is 29.7. The van der Waals surface area contributed by atoms with Crippen molar-refractivity contribution in [2.45, 2.75) is 33.1 Å². The number of aryl methyl sites for hydroxylation is 2. The summed E-state index contributed by atoms with van der Waals surface area (Å²) in [6, 6.07) is 7.19. The average molecular weight is 408 g/mol.